The first kappa shape index (κ1) is 17.9. The molecular formula is C16H16N4O5S. The summed E-state index contributed by atoms with van der Waals surface area (Å²) in [4.78, 5) is 45.2. The third-order valence-corrected chi connectivity index (χ3v) is 4.59. The van der Waals surface area contributed by atoms with E-state index in [9.17, 15) is 14.4 Å². The zero-order valence-electron chi connectivity index (χ0n) is 14.4. The Bertz CT molecular complexity index is 1080. The lowest BCUT2D eigenvalue weighted by Gasteiger charge is -2.11. The van der Waals surface area contributed by atoms with Gasteiger partial charge in [0, 0.05) is 14.1 Å². The molecule has 0 aromatic carbocycles. The number of ether oxygens (including phenoxy) is 1. The number of hydrogen-bond donors (Lipinski definition) is 0. The van der Waals surface area contributed by atoms with Gasteiger partial charge in [0.05, 0.1) is 18.6 Å². The smallest absolute Gasteiger partial charge is 0.332 e. The summed E-state index contributed by atoms with van der Waals surface area (Å²) in [6.45, 7) is 1.97. The number of carbonyl (C=O) groups is 1. The number of aromatic nitrogens is 4. The average molecular weight is 376 g/mol. The van der Waals surface area contributed by atoms with Crippen molar-refractivity contribution >= 4 is 28.8 Å². The maximum Gasteiger partial charge on any atom is 0.332 e. The fraction of sp³-hybridized carbons (Fsp3) is 0.312. The summed E-state index contributed by atoms with van der Waals surface area (Å²) in [5, 5.41) is 0.449. The zero-order valence-corrected chi connectivity index (χ0v) is 15.2. The van der Waals surface area contributed by atoms with Crippen LogP contribution in [0.3, 0.4) is 0 Å². The number of furan rings is 1. The maximum absolute atomic E-state index is 12.6. The molecule has 0 spiro atoms. The molecule has 136 valence electrons. The molecule has 0 aliphatic carbocycles. The van der Waals surface area contributed by atoms with Crippen molar-refractivity contribution in [3.8, 4) is 11.6 Å². The van der Waals surface area contributed by atoms with Gasteiger partial charge < -0.3 is 9.15 Å². The Kier molecular flexibility index (Phi) is 4.94. The van der Waals surface area contributed by atoms with E-state index in [0.29, 0.717) is 5.76 Å². The number of aryl methyl sites for hydroxylation is 1. The minimum absolute atomic E-state index is 0.0243. The molecule has 3 heterocycles. The second-order valence-corrected chi connectivity index (χ2v) is 6.29. The van der Waals surface area contributed by atoms with Gasteiger partial charge in [0.25, 0.3) is 5.56 Å². The summed E-state index contributed by atoms with van der Waals surface area (Å²) >= 11 is 1.05. The van der Waals surface area contributed by atoms with Gasteiger partial charge in [-0.3, -0.25) is 18.7 Å². The Balaban J connectivity index is 2.24. The van der Waals surface area contributed by atoms with Gasteiger partial charge in [0.15, 0.2) is 17.2 Å². The first-order chi connectivity index (χ1) is 12.4. The molecule has 0 aliphatic heterocycles. The molecule has 26 heavy (non-hydrogen) atoms. The van der Waals surface area contributed by atoms with Crippen molar-refractivity contribution in [2.24, 2.45) is 14.1 Å². The normalized spacial score (nSPS) is 11.0. The highest BCUT2D eigenvalue weighted by atomic mass is 32.2. The van der Waals surface area contributed by atoms with Gasteiger partial charge in [0.2, 0.25) is 0 Å². The standard InChI is InChI=1S/C16H16N4O5S/c1-4-24-10(21)8-26-14-11-13(19(2)16(23)20(3)15(11)22)17-12(18-14)9-6-5-7-25-9/h5-7H,4,8H2,1-3H3. The van der Waals surface area contributed by atoms with Gasteiger partial charge >= 0.3 is 11.7 Å². The van der Waals surface area contributed by atoms with Crippen molar-refractivity contribution in [2.45, 2.75) is 11.9 Å². The van der Waals surface area contributed by atoms with E-state index in [2.05, 4.69) is 9.97 Å². The number of esters is 1. The molecule has 0 N–H and O–H groups in total. The van der Waals surface area contributed by atoms with E-state index in [1.807, 2.05) is 0 Å². The molecule has 3 aromatic heterocycles. The largest absolute Gasteiger partial charge is 0.465 e. The zero-order chi connectivity index (χ0) is 18.8. The van der Waals surface area contributed by atoms with E-state index in [1.54, 1.807) is 19.1 Å². The van der Waals surface area contributed by atoms with Crippen molar-refractivity contribution in [2.75, 3.05) is 12.4 Å². The molecule has 0 aliphatic rings. The van der Waals surface area contributed by atoms with E-state index in [1.165, 1.54) is 24.9 Å². The SMILES string of the molecule is CCOC(=O)CSc1nc(-c2ccco2)nc2c1c(=O)n(C)c(=O)n2C. The number of thioether (sulfide) groups is 1. The molecule has 0 amide bonds. The quantitative estimate of drug-likeness (QED) is 0.368. The third-order valence-electron chi connectivity index (χ3n) is 3.64. The molecule has 3 rings (SSSR count). The maximum atomic E-state index is 12.6. The van der Waals surface area contributed by atoms with E-state index < -0.39 is 17.2 Å². The lowest BCUT2D eigenvalue weighted by molar-refractivity contribution is -0.139. The molecule has 0 saturated heterocycles. The average Bonchev–Trinajstić information content (AvgIpc) is 3.17. The van der Waals surface area contributed by atoms with E-state index in [-0.39, 0.29) is 34.2 Å². The van der Waals surface area contributed by atoms with Crippen LogP contribution in [-0.4, -0.2) is 37.4 Å². The lowest BCUT2D eigenvalue weighted by Crippen LogP contribution is -2.37. The fourth-order valence-electron chi connectivity index (χ4n) is 2.38. The van der Waals surface area contributed by atoms with Crippen LogP contribution in [0.15, 0.2) is 37.4 Å². The lowest BCUT2D eigenvalue weighted by atomic mass is 10.3. The van der Waals surface area contributed by atoms with Crippen LogP contribution in [0.5, 0.6) is 0 Å². The monoisotopic (exact) mass is 376 g/mol. The molecule has 10 heteroatoms. The van der Waals surface area contributed by atoms with Gasteiger partial charge in [0.1, 0.15) is 10.4 Å². The predicted molar refractivity (Wildman–Crippen MR) is 95.1 cm³/mol. The van der Waals surface area contributed by atoms with Crippen molar-refractivity contribution in [1.29, 1.82) is 0 Å². The second kappa shape index (κ2) is 7.16. The van der Waals surface area contributed by atoms with Crippen LogP contribution in [-0.2, 0) is 23.6 Å². The van der Waals surface area contributed by atoms with Crippen LogP contribution >= 0.6 is 11.8 Å². The number of nitrogens with zero attached hydrogens (tertiary/aromatic N) is 4. The Labute approximate surface area is 151 Å². The summed E-state index contributed by atoms with van der Waals surface area (Å²) in [6.07, 6.45) is 1.47. The number of carbonyl (C=O) groups excluding carboxylic acids is 1. The fourth-order valence-corrected chi connectivity index (χ4v) is 3.19. The molecule has 0 bridgehead atoms. The second-order valence-electron chi connectivity index (χ2n) is 5.33. The molecule has 0 fully saturated rings. The van der Waals surface area contributed by atoms with Crippen LogP contribution in [0.1, 0.15) is 6.92 Å². The summed E-state index contributed by atoms with van der Waals surface area (Å²) in [5.41, 5.74) is -0.862. The van der Waals surface area contributed by atoms with Crippen molar-refractivity contribution in [1.82, 2.24) is 19.1 Å². The summed E-state index contributed by atoms with van der Waals surface area (Å²) < 4.78 is 12.5. The Morgan fingerprint density at radius 2 is 2.04 bits per heavy atom. The van der Waals surface area contributed by atoms with Gasteiger partial charge in [-0.05, 0) is 19.1 Å². The number of fused-ring (bicyclic) bond motifs is 1. The van der Waals surface area contributed by atoms with Crippen LogP contribution in [0.4, 0.5) is 0 Å². The molecular weight excluding hydrogens is 360 g/mol. The number of hydrogen-bond acceptors (Lipinski definition) is 8. The van der Waals surface area contributed by atoms with Crippen molar-refractivity contribution < 1.29 is 13.9 Å². The van der Waals surface area contributed by atoms with Gasteiger partial charge in [-0.25, -0.2) is 14.8 Å². The minimum Gasteiger partial charge on any atom is -0.465 e. The molecule has 3 aromatic rings. The van der Waals surface area contributed by atoms with E-state index in [4.69, 9.17) is 9.15 Å². The molecule has 0 unspecified atom stereocenters. The van der Waals surface area contributed by atoms with Crippen LogP contribution in [0.25, 0.3) is 22.6 Å². The number of rotatable bonds is 5. The van der Waals surface area contributed by atoms with Crippen molar-refractivity contribution in [3.05, 3.63) is 39.2 Å². The summed E-state index contributed by atoms with van der Waals surface area (Å²) in [6, 6.07) is 3.34. The van der Waals surface area contributed by atoms with Crippen LogP contribution in [0, 0.1) is 0 Å². The van der Waals surface area contributed by atoms with Crippen LogP contribution < -0.4 is 11.2 Å². The predicted octanol–water partition coefficient (Wildman–Crippen LogP) is 0.942. The highest BCUT2D eigenvalue weighted by Crippen LogP contribution is 2.26. The first-order valence-corrected chi connectivity index (χ1v) is 8.72. The highest BCUT2D eigenvalue weighted by Gasteiger charge is 2.19. The van der Waals surface area contributed by atoms with Gasteiger partial charge in [-0.1, -0.05) is 11.8 Å². The third kappa shape index (κ3) is 3.15. The Morgan fingerprint density at radius 3 is 2.69 bits per heavy atom. The topological polar surface area (TPSA) is 109 Å². The first-order valence-electron chi connectivity index (χ1n) is 7.74. The summed E-state index contributed by atoms with van der Waals surface area (Å²) in [7, 11) is 2.90. The minimum atomic E-state index is -0.527. The van der Waals surface area contributed by atoms with Gasteiger partial charge in [-0.15, -0.1) is 0 Å². The van der Waals surface area contributed by atoms with E-state index >= 15 is 0 Å². The Hall–Kier alpha value is -2.88. The van der Waals surface area contributed by atoms with Crippen molar-refractivity contribution in [3.63, 3.8) is 0 Å². The van der Waals surface area contributed by atoms with Crippen LogP contribution in [0.2, 0.25) is 0 Å². The van der Waals surface area contributed by atoms with Gasteiger partial charge in [-0.2, -0.15) is 0 Å². The molecule has 0 radical (unpaired) electrons. The molecule has 0 saturated carbocycles. The Morgan fingerprint density at radius 1 is 1.27 bits per heavy atom. The van der Waals surface area contributed by atoms with E-state index in [0.717, 1.165) is 16.3 Å². The molecule has 9 nitrogen and oxygen atoms in total. The summed E-state index contributed by atoms with van der Waals surface area (Å²) in [5.74, 6) is 0.157. The molecule has 0 atom stereocenters. The highest BCUT2D eigenvalue weighted by molar-refractivity contribution is 8.00.